The zero-order valence-corrected chi connectivity index (χ0v) is 17.8. The standard InChI is InChI=1S/C19H16ClN3O4S2/c1-11(24)21-19-23-17(10-28-19)12-4-3-5-13(8-12)18(25)22-16-7-6-14(9-15(16)20)29(2,26)27/h3-10H,1-2H3,(H,22,25)(H,21,23,24). The predicted octanol–water partition coefficient (Wildman–Crippen LogP) is 4.08. The van der Waals surface area contributed by atoms with E-state index in [2.05, 4.69) is 15.6 Å². The number of rotatable bonds is 5. The fourth-order valence-corrected chi connectivity index (χ4v) is 4.16. The van der Waals surface area contributed by atoms with Crippen LogP contribution in [0.2, 0.25) is 5.02 Å². The summed E-state index contributed by atoms with van der Waals surface area (Å²) in [5.41, 5.74) is 2.02. The van der Waals surface area contributed by atoms with Gasteiger partial charge in [0.15, 0.2) is 15.0 Å². The highest BCUT2D eigenvalue weighted by molar-refractivity contribution is 7.90. The van der Waals surface area contributed by atoms with Gasteiger partial charge in [0.25, 0.3) is 5.91 Å². The summed E-state index contributed by atoms with van der Waals surface area (Å²) in [6.45, 7) is 1.40. The summed E-state index contributed by atoms with van der Waals surface area (Å²) in [7, 11) is -3.39. The molecule has 0 radical (unpaired) electrons. The quantitative estimate of drug-likeness (QED) is 0.610. The lowest BCUT2D eigenvalue weighted by Crippen LogP contribution is -2.12. The van der Waals surface area contributed by atoms with Gasteiger partial charge in [0, 0.05) is 29.7 Å². The van der Waals surface area contributed by atoms with Crippen LogP contribution in [0.5, 0.6) is 0 Å². The van der Waals surface area contributed by atoms with Gasteiger partial charge >= 0.3 is 0 Å². The minimum absolute atomic E-state index is 0.0704. The van der Waals surface area contributed by atoms with Crippen molar-refractivity contribution in [1.29, 1.82) is 0 Å². The maximum Gasteiger partial charge on any atom is 0.255 e. The molecule has 1 heterocycles. The van der Waals surface area contributed by atoms with E-state index in [1.165, 1.54) is 36.5 Å². The van der Waals surface area contributed by atoms with Crippen molar-refractivity contribution in [2.75, 3.05) is 16.9 Å². The Hall–Kier alpha value is -2.75. The molecule has 0 bridgehead atoms. The first kappa shape index (κ1) is 21.0. The van der Waals surface area contributed by atoms with E-state index < -0.39 is 15.7 Å². The highest BCUT2D eigenvalue weighted by Crippen LogP contribution is 2.28. The molecule has 0 atom stereocenters. The molecule has 0 aliphatic rings. The molecule has 0 saturated carbocycles. The van der Waals surface area contributed by atoms with Gasteiger partial charge in [0.2, 0.25) is 5.91 Å². The van der Waals surface area contributed by atoms with Crippen molar-refractivity contribution in [3.8, 4) is 11.3 Å². The van der Waals surface area contributed by atoms with Gasteiger partial charge in [0.1, 0.15) is 0 Å². The van der Waals surface area contributed by atoms with Gasteiger partial charge in [-0.15, -0.1) is 11.3 Å². The molecule has 150 valence electrons. The number of hydrogen-bond acceptors (Lipinski definition) is 6. The van der Waals surface area contributed by atoms with Crippen LogP contribution in [-0.2, 0) is 14.6 Å². The number of amides is 2. The van der Waals surface area contributed by atoms with Gasteiger partial charge < -0.3 is 10.6 Å². The lowest BCUT2D eigenvalue weighted by atomic mass is 10.1. The number of hydrogen-bond donors (Lipinski definition) is 2. The number of thiazole rings is 1. The molecule has 0 unspecified atom stereocenters. The molecule has 7 nitrogen and oxygen atoms in total. The van der Waals surface area contributed by atoms with Crippen LogP contribution in [0.1, 0.15) is 17.3 Å². The molecule has 2 N–H and O–H groups in total. The van der Waals surface area contributed by atoms with E-state index in [4.69, 9.17) is 11.6 Å². The zero-order valence-electron chi connectivity index (χ0n) is 15.4. The topological polar surface area (TPSA) is 105 Å². The van der Waals surface area contributed by atoms with E-state index in [0.717, 1.165) is 6.26 Å². The summed E-state index contributed by atoms with van der Waals surface area (Å²) in [4.78, 5) is 28.2. The second kappa shape index (κ2) is 8.32. The van der Waals surface area contributed by atoms with Crippen molar-refractivity contribution >= 4 is 55.4 Å². The van der Waals surface area contributed by atoms with Gasteiger partial charge in [0.05, 0.1) is 21.3 Å². The van der Waals surface area contributed by atoms with Gasteiger partial charge in [-0.25, -0.2) is 13.4 Å². The molecular formula is C19H16ClN3O4S2. The van der Waals surface area contributed by atoms with Gasteiger partial charge in [-0.2, -0.15) is 0 Å². The second-order valence-electron chi connectivity index (χ2n) is 6.17. The van der Waals surface area contributed by atoms with Crippen LogP contribution in [-0.4, -0.2) is 31.5 Å². The zero-order chi connectivity index (χ0) is 21.2. The van der Waals surface area contributed by atoms with E-state index in [1.54, 1.807) is 29.6 Å². The molecule has 2 amide bonds. The third-order valence-corrected chi connectivity index (χ3v) is 6.01. The van der Waals surface area contributed by atoms with Crippen LogP contribution in [0.25, 0.3) is 11.3 Å². The van der Waals surface area contributed by atoms with Crippen molar-refractivity contribution in [2.45, 2.75) is 11.8 Å². The summed E-state index contributed by atoms with van der Waals surface area (Å²) in [5.74, 6) is -0.615. The van der Waals surface area contributed by atoms with E-state index >= 15 is 0 Å². The number of aromatic nitrogens is 1. The maximum absolute atomic E-state index is 12.6. The first-order chi connectivity index (χ1) is 13.6. The Morgan fingerprint density at radius 1 is 1.10 bits per heavy atom. The monoisotopic (exact) mass is 449 g/mol. The van der Waals surface area contributed by atoms with E-state index in [0.29, 0.717) is 27.6 Å². The fourth-order valence-electron chi connectivity index (χ4n) is 2.46. The Morgan fingerprint density at radius 3 is 2.52 bits per heavy atom. The molecule has 0 saturated heterocycles. The van der Waals surface area contributed by atoms with E-state index in [-0.39, 0.29) is 15.8 Å². The molecule has 3 rings (SSSR count). The molecule has 29 heavy (non-hydrogen) atoms. The molecule has 0 aliphatic heterocycles. The first-order valence-corrected chi connectivity index (χ1v) is 11.4. The average Bonchev–Trinajstić information content (AvgIpc) is 3.10. The molecule has 0 aliphatic carbocycles. The summed E-state index contributed by atoms with van der Waals surface area (Å²) in [6.07, 6.45) is 1.08. The molecule has 10 heteroatoms. The Bertz CT molecular complexity index is 1210. The summed E-state index contributed by atoms with van der Waals surface area (Å²) in [5, 5.41) is 7.67. The van der Waals surface area contributed by atoms with Gasteiger partial charge in [-0.3, -0.25) is 9.59 Å². The first-order valence-electron chi connectivity index (χ1n) is 8.28. The highest BCUT2D eigenvalue weighted by Gasteiger charge is 2.14. The largest absolute Gasteiger partial charge is 0.321 e. The minimum Gasteiger partial charge on any atom is -0.321 e. The van der Waals surface area contributed by atoms with Crippen molar-refractivity contribution < 1.29 is 18.0 Å². The Labute approximate surface area is 176 Å². The number of carbonyl (C=O) groups excluding carboxylic acids is 2. The van der Waals surface area contributed by atoms with E-state index in [1.807, 2.05) is 0 Å². The van der Waals surface area contributed by atoms with Gasteiger partial charge in [-0.1, -0.05) is 23.7 Å². The third-order valence-electron chi connectivity index (χ3n) is 3.82. The molecule has 0 fully saturated rings. The summed E-state index contributed by atoms with van der Waals surface area (Å²) in [6, 6.07) is 10.9. The number of nitrogens with zero attached hydrogens (tertiary/aromatic N) is 1. The van der Waals surface area contributed by atoms with E-state index in [9.17, 15) is 18.0 Å². The number of sulfone groups is 1. The fraction of sp³-hybridized carbons (Fsp3) is 0.105. The Morgan fingerprint density at radius 2 is 1.86 bits per heavy atom. The lowest BCUT2D eigenvalue weighted by molar-refractivity contribution is -0.114. The van der Waals surface area contributed by atoms with Crippen molar-refractivity contribution in [3.63, 3.8) is 0 Å². The minimum atomic E-state index is -3.39. The molecular weight excluding hydrogens is 434 g/mol. The average molecular weight is 450 g/mol. The van der Waals surface area contributed by atoms with Crippen molar-refractivity contribution in [3.05, 3.63) is 58.4 Å². The number of nitrogens with one attached hydrogen (secondary N) is 2. The van der Waals surface area contributed by atoms with Gasteiger partial charge in [-0.05, 0) is 30.3 Å². The second-order valence-corrected chi connectivity index (χ2v) is 9.45. The number of halogens is 1. The summed E-state index contributed by atoms with van der Waals surface area (Å²) < 4.78 is 23.2. The maximum atomic E-state index is 12.6. The predicted molar refractivity (Wildman–Crippen MR) is 114 cm³/mol. The van der Waals surface area contributed by atoms with Crippen molar-refractivity contribution in [1.82, 2.24) is 4.98 Å². The molecule has 2 aromatic carbocycles. The Kier molecular flexibility index (Phi) is 6.02. The van der Waals surface area contributed by atoms with Crippen LogP contribution in [0.3, 0.4) is 0 Å². The summed E-state index contributed by atoms with van der Waals surface area (Å²) >= 11 is 7.40. The van der Waals surface area contributed by atoms with Crippen LogP contribution >= 0.6 is 22.9 Å². The molecule has 3 aromatic rings. The number of carbonyl (C=O) groups is 2. The normalized spacial score (nSPS) is 11.1. The SMILES string of the molecule is CC(=O)Nc1nc(-c2cccc(C(=O)Nc3ccc(S(C)(=O)=O)cc3Cl)c2)cs1. The number of anilines is 2. The smallest absolute Gasteiger partial charge is 0.255 e. The van der Waals surface area contributed by atoms with Crippen LogP contribution in [0.15, 0.2) is 52.7 Å². The van der Waals surface area contributed by atoms with Crippen LogP contribution in [0, 0.1) is 0 Å². The highest BCUT2D eigenvalue weighted by atomic mass is 35.5. The third kappa shape index (κ3) is 5.20. The van der Waals surface area contributed by atoms with Crippen LogP contribution < -0.4 is 10.6 Å². The number of benzene rings is 2. The molecule has 1 aromatic heterocycles. The molecule has 0 spiro atoms. The Balaban J connectivity index is 1.81. The van der Waals surface area contributed by atoms with Crippen molar-refractivity contribution in [2.24, 2.45) is 0 Å². The van der Waals surface area contributed by atoms with Crippen LogP contribution in [0.4, 0.5) is 10.8 Å². The lowest BCUT2D eigenvalue weighted by Gasteiger charge is -2.09.